The third kappa shape index (κ3) is 3.08. The number of fused-ring (bicyclic) bond motifs is 1. The number of aromatic nitrogens is 1. The second-order valence-electron chi connectivity index (χ2n) is 7.78. The number of rotatable bonds is 4. The molecule has 0 bridgehead atoms. The van der Waals surface area contributed by atoms with Gasteiger partial charge < -0.3 is 4.98 Å². The number of hydrogen-bond donors (Lipinski definition) is 1. The quantitative estimate of drug-likeness (QED) is 0.641. The van der Waals surface area contributed by atoms with E-state index in [4.69, 9.17) is 4.99 Å². The molecule has 1 aromatic heterocycles. The lowest BCUT2D eigenvalue weighted by Crippen LogP contribution is -2.18. The number of H-pyrrole nitrogens is 1. The van der Waals surface area contributed by atoms with Gasteiger partial charge in [0.1, 0.15) is 0 Å². The summed E-state index contributed by atoms with van der Waals surface area (Å²) in [4.78, 5) is 18.9. The van der Waals surface area contributed by atoms with Crippen molar-refractivity contribution in [2.45, 2.75) is 33.2 Å². The lowest BCUT2D eigenvalue weighted by molar-refractivity contribution is 0.452. The molecule has 6 atom stereocenters. The lowest BCUT2D eigenvalue weighted by atomic mass is 9.79. The van der Waals surface area contributed by atoms with Crippen LogP contribution in [0.1, 0.15) is 38.8 Å². The minimum Gasteiger partial charge on any atom is -0.329 e. The third-order valence-electron chi connectivity index (χ3n) is 6.09. The number of aromatic amines is 1. The van der Waals surface area contributed by atoms with Gasteiger partial charge in [0.25, 0.3) is 0 Å². The van der Waals surface area contributed by atoms with Gasteiger partial charge in [0, 0.05) is 29.8 Å². The maximum absolute atomic E-state index is 11.2. The lowest BCUT2D eigenvalue weighted by Gasteiger charge is -2.26. The molecule has 3 aliphatic carbocycles. The molecule has 3 nitrogen and oxygen atoms in total. The Morgan fingerprint density at radius 3 is 2.88 bits per heavy atom. The first kappa shape index (κ1) is 16.3. The van der Waals surface area contributed by atoms with Crippen LogP contribution in [0.3, 0.4) is 0 Å². The first-order chi connectivity index (χ1) is 12.0. The summed E-state index contributed by atoms with van der Waals surface area (Å²) in [7, 11) is 0. The monoisotopic (exact) mass is 334 g/mol. The fourth-order valence-corrected chi connectivity index (χ4v) is 4.47. The van der Waals surface area contributed by atoms with E-state index in [1.807, 2.05) is 6.07 Å². The minimum absolute atomic E-state index is 0.0652. The van der Waals surface area contributed by atoms with Crippen LogP contribution in [0.25, 0.3) is 0 Å². The van der Waals surface area contributed by atoms with Gasteiger partial charge in [-0.15, -0.1) is 0 Å². The van der Waals surface area contributed by atoms with Crippen molar-refractivity contribution in [2.24, 2.45) is 34.6 Å². The van der Waals surface area contributed by atoms with Gasteiger partial charge in [-0.2, -0.15) is 0 Å². The molecule has 1 fully saturated rings. The predicted octanol–water partition coefficient (Wildman–Crippen LogP) is 4.47. The highest BCUT2D eigenvalue weighted by molar-refractivity contribution is 5.88. The van der Waals surface area contributed by atoms with Crippen molar-refractivity contribution in [2.75, 3.05) is 0 Å². The average molecular weight is 334 g/mol. The smallest absolute Gasteiger partial charge is 0.247 e. The molecular weight excluding hydrogens is 308 g/mol. The first-order valence-electron chi connectivity index (χ1n) is 9.34. The number of nitrogens with zero attached hydrogens (tertiary/aromatic N) is 1. The number of allylic oxidation sites excluding steroid dienone is 6. The molecule has 0 aliphatic heterocycles. The number of hydrogen-bond acceptors (Lipinski definition) is 2. The first-order valence-corrected chi connectivity index (χ1v) is 9.34. The van der Waals surface area contributed by atoms with E-state index in [2.05, 4.69) is 56.1 Å². The maximum Gasteiger partial charge on any atom is 0.247 e. The Labute approximate surface area is 149 Å². The Morgan fingerprint density at radius 2 is 2.12 bits per heavy atom. The van der Waals surface area contributed by atoms with E-state index in [1.54, 1.807) is 17.8 Å². The van der Waals surface area contributed by atoms with Crippen LogP contribution in [0, 0.1) is 29.6 Å². The second-order valence-corrected chi connectivity index (χ2v) is 7.78. The minimum atomic E-state index is -0.0652. The molecule has 1 heterocycles. The second kappa shape index (κ2) is 6.29. The zero-order valence-electron chi connectivity index (χ0n) is 15.1. The molecule has 4 rings (SSSR count). The van der Waals surface area contributed by atoms with E-state index in [0.29, 0.717) is 29.6 Å². The average Bonchev–Trinajstić information content (AvgIpc) is 3.32. The molecule has 1 saturated carbocycles. The van der Waals surface area contributed by atoms with E-state index < -0.39 is 0 Å². The maximum atomic E-state index is 11.2. The van der Waals surface area contributed by atoms with Crippen molar-refractivity contribution in [1.82, 2.24) is 4.98 Å². The van der Waals surface area contributed by atoms with Gasteiger partial charge in [0.05, 0.1) is 6.04 Å². The van der Waals surface area contributed by atoms with Crippen molar-refractivity contribution in [1.29, 1.82) is 0 Å². The highest BCUT2D eigenvalue weighted by atomic mass is 16.1. The van der Waals surface area contributed by atoms with Gasteiger partial charge in [-0.25, -0.2) is 0 Å². The van der Waals surface area contributed by atoms with E-state index in [1.165, 1.54) is 12.1 Å². The molecule has 1 N–H and O–H groups in total. The predicted molar refractivity (Wildman–Crippen MR) is 103 cm³/mol. The van der Waals surface area contributed by atoms with Crippen LogP contribution in [0.15, 0.2) is 64.1 Å². The van der Waals surface area contributed by atoms with E-state index >= 15 is 0 Å². The number of nitrogens with one attached hydrogen (secondary N) is 1. The summed E-state index contributed by atoms with van der Waals surface area (Å²) in [6.07, 6.45) is 14.7. The third-order valence-corrected chi connectivity index (χ3v) is 6.09. The Hall–Kier alpha value is -2.16. The summed E-state index contributed by atoms with van der Waals surface area (Å²) in [5, 5.41) is 0. The van der Waals surface area contributed by atoms with Crippen LogP contribution >= 0.6 is 0 Å². The summed E-state index contributed by atoms with van der Waals surface area (Å²) >= 11 is 0. The molecule has 25 heavy (non-hydrogen) atoms. The van der Waals surface area contributed by atoms with Gasteiger partial charge in [-0.3, -0.25) is 9.79 Å². The SMILES string of the molecule is CC(=NC(C)c1ccc(=O)[nH]c1)C1CC1C1=CC=CC2C(C)C=CC12. The Kier molecular flexibility index (Phi) is 4.10. The normalized spacial score (nSPS) is 34.6. The summed E-state index contributed by atoms with van der Waals surface area (Å²) < 4.78 is 0. The molecule has 1 aromatic rings. The molecule has 6 unspecified atom stereocenters. The zero-order chi connectivity index (χ0) is 17.6. The summed E-state index contributed by atoms with van der Waals surface area (Å²) in [6, 6.07) is 3.52. The van der Waals surface area contributed by atoms with Crippen molar-refractivity contribution in [3.8, 4) is 0 Å². The fourth-order valence-electron chi connectivity index (χ4n) is 4.47. The van der Waals surface area contributed by atoms with Crippen LogP contribution in [0.4, 0.5) is 0 Å². The van der Waals surface area contributed by atoms with E-state index in [-0.39, 0.29) is 11.6 Å². The van der Waals surface area contributed by atoms with Gasteiger partial charge in [0.15, 0.2) is 0 Å². The molecule has 3 aliphatic rings. The zero-order valence-corrected chi connectivity index (χ0v) is 15.1. The largest absolute Gasteiger partial charge is 0.329 e. The van der Waals surface area contributed by atoms with Crippen molar-refractivity contribution in [3.05, 3.63) is 70.2 Å². The van der Waals surface area contributed by atoms with Crippen LogP contribution < -0.4 is 5.56 Å². The van der Waals surface area contributed by atoms with Crippen LogP contribution in [0.5, 0.6) is 0 Å². The van der Waals surface area contributed by atoms with E-state index in [9.17, 15) is 4.79 Å². The summed E-state index contributed by atoms with van der Waals surface area (Å²) in [5.41, 5.74) is 3.84. The Bertz CT molecular complexity index is 821. The molecule has 0 radical (unpaired) electrons. The molecular formula is C22H26N2O. The standard InChI is InChI=1S/C22H26N2O/c1-13-7-9-19-17(13)5-4-6-18(19)21-11-20(21)15(3)24-14(2)16-8-10-22(25)23-12-16/h4-10,12-14,17,19-21H,11H2,1-3H3,(H,23,25). The van der Waals surface area contributed by atoms with Crippen LogP contribution in [0.2, 0.25) is 0 Å². The van der Waals surface area contributed by atoms with E-state index in [0.717, 1.165) is 5.56 Å². The fraction of sp³-hybridized carbons (Fsp3) is 0.455. The van der Waals surface area contributed by atoms with Gasteiger partial charge in [-0.05, 0) is 49.7 Å². The summed E-state index contributed by atoms with van der Waals surface area (Å²) in [5.74, 6) is 3.13. The molecule has 3 heteroatoms. The Balaban J connectivity index is 1.46. The van der Waals surface area contributed by atoms with Crippen molar-refractivity contribution in [3.63, 3.8) is 0 Å². The molecule has 0 saturated heterocycles. The summed E-state index contributed by atoms with van der Waals surface area (Å²) in [6.45, 7) is 6.57. The van der Waals surface area contributed by atoms with Gasteiger partial charge in [0.2, 0.25) is 5.56 Å². The number of aliphatic imine (C=N–C) groups is 1. The van der Waals surface area contributed by atoms with Gasteiger partial charge >= 0.3 is 0 Å². The highest BCUT2D eigenvalue weighted by Crippen LogP contribution is 2.52. The van der Waals surface area contributed by atoms with Gasteiger partial charge in [-0.1, -0.05) is 42.9 Å². The topological polar surface area (TPSA) is 45.2 Å². The molecule has 0 aromatic carbocycles. The molecule has 0 amide bonds. The van der Waals surface area contributed by atoms with Crippen LogP contribution in [-0.4, -0.2) is 10.7 Å². The van der Waals surface area contributed by atoms with Crippen LogP contribution in [-0.2, 0) is 0 Å². The Morgan fingerprint density at radius 1 is 1.28 bits per heavy atom. The molecule has 130 valence electrons. The van der Waals surface area contributed by atoms with Crippen molar-refractivity contribution < 1.29 is 0 Å². The highest BCUT2D eigenvalue weighted by Gasteiger charge is 2.46. The molecule has 0 spiro atoms. The van der Waals surface area contributed by atoms with Crippen molar-refractivity contribution >= 4 is 5.71 Å². The number of pyridine rings is 1.